The Hall–Kier alpha value is -3.18. The van der Waals surface area contributed by atoms with Crippen LogP contribution in [0.5, 0.6) is 0 Å². The first-order valence-electron chi connectivity index (χ1n) is 5.57. The van der Waals surface area contributed by atoms with Gasteiger partial charge in [-0.1, -0.05) is 18.2 Å². The summed E-state index contributed by atoms with van der Waals surface area (Å²) in [6.07, 6.45) is 4.72. The quantitative estimate of drug-likeness (QED) is 0.658. The third-order valence-electron chi connectivity index (χ3n) is 2.85. The normalized spacial score (nSPS) is 10.0. The average molecular weight is 245 g/mol. The van der Waals surface area contributed by atoms with Crippen LogP contribution >= 0.6 is 0 Å². The van der Waals surface area contributed by atoms with Crippen LogP contribution in [-0.2, 0) is 0 Å². The number of benzene rings is 1. The standard InChI is InChI=1S/C14H7N5/c15-7-10-9-18-12-4-2-1-3-11(12)14(10)19-6-5-17-13(19)8-16/h1-6,9H. The van der Waals surface area contributed by atoms with E-state index in [2.05, 4.69) is 16.0 Å². The summed E-state index contributed by atoms with van der Waals surface area (Å²) in [5, 5.41) is 19.1. The van der Waals surface area contributed by atoms with Gasteiger partial charge in [-0.3, -0.25) is 9.55 Å². The monoisotopic (exact) mass is 245 g/mol. The smallest absolute Gasteiger partial charge is 0.217 e. The van der Waals surface area contributed by atoms with Crippen LogP contribution in [0.4, 0.5) is 0 Å². The molecule has 0 atom stereocenters. The molecule has 0 radical (unpaired) electrons. The molecule has 0 aliphatic heterocycles. The Balaban J connectivity index is 2.46. The first kappa shape index (κ1) is 10.9. The molecule has 88 valence electrons. The van der Waals surface area contributed by atoms with Gasteiger partial charge in [-0.15, -0.1) is 0 Å². The molecule has 5 heteroatoms. The molecule has 0 saturated heterocycles. The largest absolute Gasteiger partial charge is 0.289 e. The third-order valence-corrected chi connectivity index (χ3v) is 2.85. The highest BCUT2D eigenvalue weighted by atomic mass is 15.1. The topological polar surface area (TPSA) is 78.3 Å². The molecule has 5 nitrogen and oxygen atoms in total. The van der Waals surface area contributed by atoms with Crippen LogP contribution in [0.15, 0.2) is 42.9 Å². The Labute approximate surface area is 109 Å². The van der Waals surface area contributed by atoms with E-state index in [4.69, 9.17) is 5.26 Å². The summed E-state index contributed by atoms with van der Waals surface area (Å²) >= 11 is 0. The molecule has 0 aliphatic rings. The fourth-order valence-electron chi connectivity index (χ4n) is 2.03. The number of rotatable bonds is 1. The van der Waals surface area contributed by atoms with Crippen LogP contribution in [0, 0.1) is 22.7 Å². The van der Waals surface area contributed by atoms with E-state index in [0.29, 0.717) is 11.3 Å². The molecule has 2 heterocycles. The summed E-state index contributed by atoms with van der Waals surface area (Å²) in [6, 6.07) is 11.6. The molecular weight excluding hydrogens is 238 g/mol. The number of hydrogen-bond acceptors (Lipinski definition) is 4. The molecule has 0 unspecified atom stereocenters. The first-order valence-corrected chi connectivity index (χ1v) is 5.57. The second-order valence-electron chi connectivity index (χ2n) is 3.88. The van der Waals surface area contributed by atoms with Crippen LogP contribution in [-0.4, -0.2) is 14.5 Å². The lowest BCUT2D eigenvalue weighted by Crippen LogP contribution is -2.01. The zero-order valence-electron chi connectivity index (χ0n) is 9.78. The van der Waals surface area contributed by atoms with Crippen LogP contribution < -0.4 is 0 Å². The van der Waals surface area contributed by atoms with Crippen molar-refractivity contribution >= 4 is 10.9 Å². The number of nitriles is 2. The van der Waals surface area contributed by atoms with E-state index in [9.17, 15) is 5.26 Å². The summed E-state index contributed by atoms with van der Waals surface area (Å²) in [6.45, 7) is 0. The van der Waals surface area contributed by atoms with Gasteiger partial charge in [0.1, 0.15) is 12.1 Å². The maximum atomic E-state index is 9.23. The number of pyridine rings is 1. The first-order chi connectivity index (χ1) is 9.35. The maximum Gasteiger partial charge on any atom is 0.217 e. The van der Waals surface area contributed by atoms with Gasteiger partial charge in [-0.05, 0) is 6.07 Å². The minimum atomic E-state index is 0.243. The van der Waals surface area contributed by atoms with Crippen LogP contribution in [0.2, 0.25) is 0 Å². The van der Waals surface area contributed by atoms with Gasteiger partial charge < -0.3 is 0 Å². The second-order valence-corrected chi connectivity index (χ2v) is 3.88. The molecular formula is C14H7N5. The third kappa shape index (κ3) is 1.62. The number of para-hydroxylation sites is 1. The molecule has 3 aromatic rings. The van der Waals surface area contributed by atoms with Gasteiger partial charge in [0.25, 0.3) is 0 Å². The number of aromatic nitrogens is 3. The van der Waals surface area contributed by atoms with Crippen LogP contribution in [0.1, 0.15) is 11.4 Å². The van der Waals surface area contributed by atoms with Gasteiger partial charge >= 0.3 is 0 Å². The van der Waals surface area contributed by atoms with E-state index in [1.807, 2.05) is 30.3 Å². The summed E-state index contributed by atoms with van der Waals surface area (Å²) in [4.78, 5) is 8.20. The molecule has 2 aromatic heterocycles. The van der Waals surface area contributed by atoms with E-state index < -0.39 is 0 Å². The van der Waals surface area contributed by atoms with E-state index >= 15 is 0 Å². The molecule has 0 spiro atoms. The van der Waals surface area contributed by atoms with Crippen molar-refractivity contribution in [2.45, 2.75) is 0 Å². The molecule has 19 heavy (non-hydrogen) atoms. The van der Waals surface area contributed by atoms with Gasteiger partial charge in [-0.2, -0.15) is 10.5 Å². The fourth-order valence-corrected chi connectivity index (χ4v) is 2.03. The highest BCUT2D eigenvalue weighted by Crippen LogP contribution is 2.24. The van der Waals surface area contributed by atoms with Crippen molar-refractivity contribution in [1.82, 2.24) is 14.5 Å². The Morgan fingerprint density at radius 3 is 2.68 bits per heavy atom. The Bertz CT molecular complexity index is 848. The minimum absolute atomic E-state index is 0.243. The fraction of sp³-hybridized carbons (Fsp3) is 0. The van der Waals surface area contributed by atoms with Crippen molar-refractivity contribution in [1.29, 1.82) is 10.5 Å². The maximum absolute atomic E-state index is 9.23. The predicted octanol–water partition coefficient (Wildman–Crippen LogP) is 2.16. The van der Waals surface area contributed by atoms with Crippen LogP contribution in [0.3, 0.4) is 0 Å². The molecule has 0 bridgehead atoms. The SMILES string of the molecule is N#Cc1cnc2ccccc2c1-n1ccnc1C#N. The molecule has 3 rings (SSSR count). The number of imidazole rings is 1. The zero-order chi connectivity index (χ0) is 13.2. The highest BCUT2D eigenvalue weighted by molar-refractivity contribution is 5.89. The average Bonchev–Trinajstić information content (AvgIpc) is 2.94. The predicted molar refractivity (Wildman–Crippen MR) is 68.3 cm³/mol. The number of nitrogens with zero attached hydrogens (tertiary/aromatic N) is 5. The number of fused-ring (bicyclic) bond motifs is 1. The van der Waals surface area contributed by atoms with Crippen molar-refractivity contribution in [3.8, 4) is 17.8 Å². The van der Waals surface area contributed by atoms with E-state index in [1.165, 1.54) is 12.4 Å². The molecule has 0 amide bonds. The van der Waals surface area contributed by atoms with Crippen molar-refractivity contribution in [2.75, 3.05) is 0 Å². The molecule has 1 aromatic carbocycles. The van der Waals surface area contributed by atoms with Gasteiger partial charge in [0.05, 0.1) is 16.8 Å². The summed E-state index contributed by atoms with van der Waals surface area (Å²) in [5.74, 6) is 0.243. The van der Waals surface area contributed by atoms with Crippen molar-refractivity contribution in [3.63, 3.8) is 0 Å². The second kappa shape index (κ2) is 4.25. The van der Waals surface area contributed by atoms with Gasteiger partial charge in [0.15, 0.2) is 0 Å². The lowest BCUT2D eigenvalue weighted by Gasteiger charge is -2.09. The van der Waals surface area contributed by atoms with Gasteiger partial charge in [-0.25, -0.2) is 4.98 Å². The Morgan fingerprint density at radius 1 is 1.05 bits per heavy atom. The molecule has 0 aliphatic carbocycles. The summed E-state index contributed by atoms with van der Waals surface area (Å²) < 4.78 is 1.61. The van der Waals surface area contributed by atoms with Gasteiger partial charge in [0.2, 0.25) is 5.82 Å². The lowest BCUT2D eigenvalue weighted by atomic mass is 10.1. The van der Waals surface area contributed by atoms with Crippen molar-refractivity contribution in [3.05, 3.63) is 54.2 Å². The molecule has 0 fully saturated rings. The van der Waals surface area contributed by atoms with Crippen LogP contribution in [0.25, 0.3) is 16.6 Å². The Morgan fingerprint density at radius 2 is 1.89 bits per heavy atom. The lowest BCUT2D eigenvalue weighted by molar-refractivity contribution is 1.02. The summed E-state index contributed by atoms with van der Waals surface area (Å²) in [7, 11) is 0. The van der Waals surface area contributed by atoms with E-state index in [1.54, 1.807) is 10.8 Å². The highest BCUT2D eigenvalue weighted by Gasteiger charge is 2.13. The molecule has 0 N–H and O–H groups in total. The number of hydrogen-bond donors (Lipinski definition) is 0. The molecule has 0 saturated carbocycles. The minimum Gasteiger partial charge on any atom is -0.289 e. The zero-order valence-corrected chi connectivity index (χ0v) is 9.78. The van der Waals surface area contributed by atoms with E-state index in [-0.39, 0.29) is 5.82 Å². The van der Waals surface area contributed by atoms with Gasteiger partial charge in [0, 0.05) is 24.0 Å². The summed E-state index contributed by atoms with van der Waals surface area (Å²) in [5.41, 5.74) is 1.82. The van der Waals surface area contributed by atoms with Crippen molar-refractivity contribution in [2.24, 2.45) is 0 Å². The Kier molecular flexibility index (Phi) is 2.45. The van der Waals surface area contributed by atoms with E-state index in [0.717, 1.165) is 10.9 Å². The van der Waals surface area contributed by atoms with Crippen molar-refractivity contribution < 1.29 is 0 Å².